The van der Waals surface area contributed by atoms with E-state index in [0.29, 0.717) is 18.8 Å². The number of rotatable bonds is 6. The summed E-state index contributed by atoms with van der Waals surface area (Å²) >= 11 is 0. The van der Waals surface area contributed by atoms with Crippen LogP contribution in [0.5, 0.6) is 5.75 Å². The van der Waals surface area contributed by atoms with Gasteiger partial charge in [-0.1, -0.05) is 18.2 Å². The first-order valence-electron chi connectivity index (χ1n) is 5.73. The van der Waals surface area contributed by atoms with Crippen LogP contribution < -0.4 is 16.0 Å². The number of carboxylic acid groups (broad SMARTS) is 2. The Morgan fingerprint density at radius 1 is 1.25 bits per heavy atom. The van der Waals surface area contributed by atoms with Gasteiger partial charge in [-0.15, -0.1) is 0 Å². The second kappa shape index (κ2) is 10.5. The lowest BCUT2D eigenvalue weighted by Crippen LogP contribution is -2.36. The Labute approximate surface area is 116 Å². The Morgan fingerprint density at radius 3 is 2.15 bits per heavy atom. The van der Waals surface area contributed by atoms with Gasteiger partial charge in [0.05, 0.1) is 6.04 Å². The predicted octanol–water partition coefficient (Wildman–Crippen LogP) is 0.629. The summed E-state index contributed by atoms with van der Waals surface area (Å²) in [5, 5.41) is 15.6. The van der Waals surface area contributed by atoms with Crippen molar-refractivity contribution in [1.29, 1.82) is 0 Å². The van der Waals surface area contributed by atoms with Gasteiger partial charge in [0.25, 0.3) is 0 Å². The van der Waals surface area contributed by atoms with E-state index in [4.69, 9.17) is 20.8 Å². The zero-order valence-electron chi connectivity index (χ0n) is 11.0. The molecule has 110 valence electrons. The second-order valence-corrected chi connectivity index (χ2v) is 3.70. The number of aliphatic carboxylic acids is 2. The molecule has 20 heavy (non-hydrogen) atoms. The lowest BCUT2D eigenvalue weighted by Gasteiger charge is -2.11. The summed E-state index contributed by atoms with van der Waals surface area (Å²) in [6.07, 6.45) is 1.12. The van der Waals surface area contributed by atoms with Gasteiger partial charge in [-0.3, -0.25) is 11.3 Å². The summed E-state index contributed by atoms with van der Waals surface area (Å²) in [7, 11) is 0. The average Bonchev–Trinajstić information content (AvgIpc) is 2.44. The van der Waals surface area contributed by atoms with E-state index < -0.39 is 11.9 Å². The van der Waals surface area contributed by atoms with Gasteiger partial charge in [-0.2, -0.15) is 0 Å². The van der Waals surface area contributed by atoms with Crippen LogP contribution in [0.15, 0.2) is 42.5 Å². The number of para-hydroxylation sites is 1. The van der Waals surface area contributed by atoms with Crippen molar-refractivity contribution in [3.8, 4) is 5.75 Å². The molecule has 0 amide bonds. The molecule has 1 atom stereocenters. The Bertz CT molecular complexity index is 418. The van der Waals surface area contributed by atoms with Crippen molar-refractivity contribution >= 4 is 11.9 Å². The highest BCUT2D eigenvalue weighted by Gasteiger charge is 1.98. The number of carbonyl (C=O) groups is 2. The predicted molar refractivity (Wildman–Crippen MR) is 73.1 cm³/mol. The third-order valence-corrected chi connectivity index (χ3v) is 1.90. The van der Waals surface area contributed by atoms with Gasteiger partial charge >= 0.3 is 11.9 Å². The Hall–Kier alpha value is -2.38. The molecule has 0 aliphatic carbocycles. The number of hydrogen-bond acceptors (Lipinski definition) is 5. The van der Waals surface area contributed by atoms with Crippen molar-refractivity contribution in [3.63, 3.8) is 0 Å². The summed E-state index contributed by atoms with van der Waals surface area (Å²) in [5.74, 6) is 3.57. The van der Waals surface area contributed by atoms with Crippen LogP contribution in [0.4, 0.5) is 0 Å². The molecule has 1 aromatic carbocycles. The highest BCUT2D eigenvalue weighted by atomic mass is 16.5. The molecule has 7 nitrogen and oxygen atoms in total. The van der Waals surface area contributed by atoms with Crippen molar-refractivity contribution < 1.29 is 24.5 Å². The van der Waals surface area contributed by atoms with E-state index >= 15 is 0 Å². The van der Waals surface area contributed by atoms with Gasteiger partial charge in [0.1, 0.15) is 12.4 Å². The molecule has 0 heterocycles. The fraction of sp³-hybridized carbons (Fsp3) is 0.231. The zero-order chi connectivity index (χ0) is 15.4. The third-order valence-electron chi connectivity index (χ3n) is 1.90. The van der Waals surface area contributed by atoms with E-state index in [1.165, 1.54) is 0 Å². The molecule has 0 radical (unpaired) electrons. The van der Waals surface area contributed by atoms with Gasteiger partial charge in [-0.25, -0.2) is 9.59 Å². The molecule has 0 aliphatic rings. The van der Waals surface area contributed by atoms with Gasteiger partial charge < -0.3 is 14.9 Å². The maximum atomic E-state index is 9.55. The van der Waals surface area contributed by atoms with E-state index in [-0.39, 0.29) is 6.04 Å². The first-order valence-corrected chi connectivity index (χ1v) is 5.73. The summed E-state index contributed by atoms with van der Waals surface area (Å²) in [6, 6.07) is 9.85. The average molecular weight is 282 g/mol. The van der Waals surface area contributed by atoms with Crippen LogP contribution in [-0.4, -0.2) is 34.8 Å². The smallest absolute Gasteiger partial charge is 0.328 e. The number of benzene rings is 1. The van der Waals surface area contributed by atoms with Crippen molar-refractivity contribution in [1.82, 2.24) is 5.43 Å². The Kier molecular flexibility index (Phi) is 9.28. The SMILES string of the molecule is CC(COc1ccccc1)NN.O=C(O)/C=C/C(=O)O. The molecule has 1 aromatic rings. The fourth-order valence-corrected chi connectivity index (χ4v) is 0.929. The van der Waals surface area contributed by atoms with Crippen molar-refractivity contribution in [2.24, 2.45) is 5.84 Å². The minimum atomic E-state index is -1.26. The number of ether oxygens (including phenoxy) is 1. The van der Waals surface area contributed by atoms with Crippen LogP contribution in [0.2, 0.25) is 0 Å². The maximum absolute atomic E-state index is 9.55. The van der Waals surface area contributed by atoms with E-state index in [9.17, 15) is 9.59 Å². The normalized spacial score (nSPS) is 11.3. The fourth-order valence-electron chi connectivity index (χ4n) is 0.929. The number of nitrogens with two attached hydrogens (primary N) is 1. The first-order chi connectivity index (χ1) is 9.45. The molecule has 7 heteroatoms. The number of carboxylic acids is 2. The minimum absolute atomic E-state index is 0.171. The zero-order valence-corrected chi connectivity index (χ0v) is 11.0. The number of hydrogen-bond donors (Lipinski definition) is 4. The molecule has 0 bridgehead atoms. The quantitative estimate of drug-likeness (QED) is 0.343. The van der Waals surface area contributed by atoms with Crippen LogP contribution in [-0.2, 0) is 9.59 Å². The van der Waals surface area contributed by atoms with E-state index in [2.05, 4.69) is 5.43 Å². The molecule has 0 spiro atoms. The van der Waals surface area contributed by atoms with E-state index in [0.717, 1.165) is 5.75 Å². The topological polar surface area (TPSA) is 122 Å². The molecule has 5 N–H and O–H groups in total. The third kappa shape index (κ3) is 10.8. The molecule has 1 unspecified atom stereocenters. The minimum Gasteiger partial charge on any atom is -0.492 e. The largest absolute Gasteiger partial charge is 0.492 e. The van der Waals surface area contributed by atoms with Gasteiger partial charge in [0, 0.05) is 12.2 Å². The summed E-state index contributed by atoms with van der Waals surface area (Å²) in [4.78, 5) is 19.1. The first kappa shape index (κ1) is 17.6. The van der Waals surface area contributed by atoms with Crippen LogP contribution in [0.25, 0.3) is 0 Å². The standard InChI is InChI=1S/C9H14N2O.C4H4O4/c1-8(11-10)7-12-9-5-3-2-4-6-9;5-3(6)1-2-4(7)8/h2-6,8,11H,7,10H2,1H3;1-2H,(H,5,6)(H,7,8)/b;2-1+. The van der Waals surface area contributed by atoms with Gasteiger partial charge in [0.2, 0.25) is 0 Å². The second-order valence-electron chi connectivity index (χ2n) is 3.70. The Morgan fingerprint density at radius 2 is 1.75 bits per heavy atom. The lowest BCUT2D eigenvalue weighted by atomic mass is 10.3. The number of hydrazine groups is 1. The maximum Gasteiger partial charge on any atom is 0.328 e. The molecule has 0 fully saturated rings. The molecular weight excluding hydrogens is 264 g/mol. The van der Waals surface area contributed by atoms with Crippen LogP contribution in [0.1, 0.15) is 6.92 Å². The highest BCUT2D eigenvalue weighted by Crippen LogP contribution is 2.07. The van der Waals surface area contributed by atoms with Crippen molar-refractivity contribution in [2.75, 3.05) is 6.61 Å². The Balaban J connectivity index is 0.000000396. The molecular formula is C13H18N2O5. The molecule has 0 aromatic heterocycles. The molecule has 0 aliphatic heterocycles. The summed E-state index contributed by atoms with van der Waals surface area (Å²) < 4.78 is 5.42. The van der Waals surface area contributed by atoms with Crippen LogP contribution in [0, 0.1) is 0 Å². The van der Waals surface area contributed by atoms with E-state index in [1.807, 2.05) is 37.3 Å². The molecule has 0 saturated carbocycles. The highest BCUT2D eigenvalue weighted by molar-refractivity contribution is 5.89. The van der Waals surface area contributed by atoms with Crippen molar-refractivity contribution in [2.45, 2.75) is 13.0 Å². The van der Waals surface area contributed by atoms with Crippen LogP contribution in [0.3, 0.4) is 0 Å². The lowest BCUT2D eigenvalue weighted by molar-refractivity contribution is -0.134. The van der Waals surface area contributed by atoms with Gasteiger partial charge in [-0.05, 0) is 19.1 Å². The van der Waals surface area contributed by atoms with Gasteiger partial charge in [0.15, 0.2) is 0 Å². The van der Waals surface area contributed by atoms with Crippen molar-refractivity contribution in [3.05, 3.63) is 42.5 Å². The van der Waals surface area contributed by atoms with Crippen LogP contribution >= 0.6 is 0 Å². The molecule has 0 saturated heterocycles. The summed E-state index contributed by atoms with van der Waals surface area (Å²) in [5.41, 5.74) is 2.61. The molecule has 1 rings (SSSR count). The number of nitrogens with one attached hydrogen (secondary N) is 1. The monoisotopic (exact) mass is 282 g/mol. The summed E-state index contributed by atoms with van der Waals surface area (Å²) in [6.45, 7) is 2.55. The van der Waals surface area contributed by atoms with E-state index in [1.54, 1.807) is 0 Å².